The molecule has 1 amide bonds. The molecular weight excluding hydrogens is 306 g/mol. The number of halogens is 1. The minimum atomic E-state index is -0.552. The molecule has 4 nitrogen and oxygen atoms in total. The maximum atomic E-state index is 12.0. The third-order valence-corrected chi connectivity index (χ3v) is 4.20. The van der Waals surface area contributed by atoms with E-state index in [1.807, 2.05) is 18.4 Å². The molecule has 1 aromatic rings. The first kappa shape index (κ1) is 14.6. The van der Waals surface area contributed by atoms with E-state index in [9.17, 15) is 4.79 Å². The van der Waals surface area contributed by atoms with Gasteiger partial charge in [-0.2, -0.15) is 0 Å². The molecule has 0 aliphatic carbocycles. The molecule has 0 bridgehead atoms. The Kier molecular flexibility index (Phi) is 5.58. The molecule has 0 radical (unpaired) electrons. The topological polar surface area (TPSA) is 58.6 Å². The Morgan fingerprint density at radius 2 is 2.41 bits per heavy atom. The summed E-state index contributed by atoms with van der Waals surface area (Å²) in [5, 5.41) is 13.8. The highest BCUT2D eigenvalue weighted by Crippen LogP contribution is 2.23. The van der Waals surface area contributed by atoms with Crippen LogP contribution in [0.5, 0.6) is 0 Å². The summed E-state index contributed by atoms with van der Waals surface area (Å²) in [6.45, 7) is 2.22. The molecule has 96 valence electrons. The van der Waals surface area contributed by atoms with Crippen molar-refractivity contribution in [3.63, 3.8) is 0 Å². The number of aliphatic hydroxyl groups is 1. The SMILES string of the molecule is COCC(C)(CCO)NC(=O)c1sccc1Br. The van der Waals surface area contributed by atoms with Crippen molar-refractivity contribution in [3.8, 4) is 0 Å². The monoisotopic (exact) mass is 321 g/mol. The fourth-order valence-electron chi connectivity index (χ4n) is 1.52. The van der Waals surface area contributed by atoms with Gasteiger partial charge >= 0.3 is 0 Å². The molecule has 0 saturated carbocycles. The standard InChI is InChI=1S/C11H16BrNO3S/c1-11(4-5-14,7-16-2)13-10(15)9-8(12)3-6-17-9/h3,6,14H,4-5,7H2,1-2H3,(H,13,15). The Hall–Kier alpha value is -0.430. The Balaban J connectivity index is 2.74. The Labute approximate surface area is 113 Å². The summed E-state index contributed by atoms with van der Waals surface area (Å²) in [5.41, 5.74) is -0.552. The number of hydrogen-bond acceptors (Lipinski definition) is 4. The zero-order valence-electron chi connectivity index (χ0n) is 9.83. The van der Waals surface area contributed by atoms with E-state index in [-0.39, 0.29) is 12.5 Å². The van der Waals surface area contributed by atoms with Gasteiger partial charge in [-0.15, -0.1) is 11.3 Å². The van der Waals surface area contributed by atoms with Crippen LogP contribution in [0.2, 0.25) is 0 Å². The first-order chi connectivity index (χ1) is 8.02. The lowest BCUT2D eigenvalue weighted by molar-refractivity contribution is 0.0728. The van der Waals surface area contributed by atoms with E-state index in [1.54, 1.807) is 7.11 Å². The lowest BCUT2D eigenvalue weighted by Crippen LogP contribution is -2.49. The molecule has 0 aromatic carbocycles. The minimum Gasteiger partial charge on any atom is -0.396 e. The van der Waals surface area contributed by atoms with Crippen molar-refractivity contribution in [1.82, 2.24) is 5.32 Å². The lowest BCUT2D eigenvalue weighted by atomic mass is 9.99. The van der Waals surface area contributed by atoms with Crippen molar-refractivity contribution in [3.05, 3.63) is 20.8 Å². The molecular formula is C11H16BrNO3S. The molecule has 1 rings (SSSR count). The number of amides is 1. The van der Waals surface area contributed by atoms with Gasteiger partial charge in [0.15, 0.2) is 0 Å². The van der Waals surface area contributed by atoms with Gasteiger partial charge in [-0.05, 0) is 40.7 Å². The van der Waals surface area contributed by atoms with Gasteiger partial charge in [-0.25, -0.2) is 0 Å². The first-order valence-electron chi connectivity index (χ1n) is 5.18. The molecule has 1 aromatic heterocycles. The smallest absolute Gasteiger partial charge is 0.263 e. The van der Waals surface area contributed by atoms with Crippen LogP contribution in [0.25, 0.3) is 0 Å². The van der Waals surface area contributed by atoms with Gasteiger partial charge < -0.3 is 15.2 Å². The van der Waals surface area contributed by atoms with Gasteiger partial charge in [0.25, 0.3) is 5.91 Å². The second-order valence-corrected chi connectivity index (χ2v) is 5.79. The fraction of sp³-hybridized carbons (Fsp3) is 0.545. The van der Waals surface area contributed by atoms with E-state index in [0.717, 1.165) is 4.47 Å². The van der Waals surface area contributed by atoms with Gasteiger partial charge in [0.05, 0.1) is 12.1 Å². The second-order valence-electron chi connectivity index (χ2n) is 4.02. The van der Waals surface area contributed by atoms with Crippen molar-refractivity contribution in [2.45, 2.75) is 18.9 Å². The van der Waals surface area contributed by atoms with E-state index in [2.05, 4.69) is 21.2 Å². The van der Waals surface area contributed by atoms with Crippen LogP contribution < -0.4 is 5.32 Å². The van der Waals surface area contributed by atoms with Crippen LogP contribution in [0.1, 0.15) is 23.0 Å². The van der Waals surface area contributed by atoms with Crippen molar-refractivity contribution < 1.29 is 14.6 Å². The van der Waals surface area contributed by atoms with Gasteiger partial charge in [0, 0.05) is 18.2 Å². The molecule has 2 N–H and O–H groups in total. The Morgan fingerprint density at radius 1 is 1.71 bits per heavy atom. The van der Waals surface area contributed by atoms with E-state index < -0.39 is 5.54 Å². The molecule has 1 unspecified atom stereocenters. The normalized spacial score (nSPS) is 14.4. The van der Waals surface area contributed by atoms with Gasteiger partial charge in [-0.3, -0.25) is 4.79 Å². The third-order valence-electron chi connectivity index (χ3n) is 2.37. The van der Waals surface area contributed by atoms with Crippen LogP contribution in [0.15, 0.2) is 15.9 Å². The number of carbonyl (C=O) groups excluding carboxylic acids is 1. The number of ether oxygens (including phenoxy) is 1. The van der Waals surface area contributed by atoms with Crippen molar-refractivity contribution >= 4 is 33.2 Å². The number of nitrogens with one attached hydrogen (secondary N) is 1. The van der Waals surface area contributed by atoms with Gasteiger partial charge in [0.1, 0.15) is 4.88 Å². The van der Waals surface area contributed by atoms with Crippen LogP contribution in [0.4, 0.5) is 0 Å². The predicted octanol–water partition coefficient (Wildman–Crippen LogP) is 2.03. The molecule has 6 heteroatoms. The van der Waals surface area contributed by atoms with E-state index in [4.69, 9.17) is 9.84 Å². The number of aliphatic hydroxyl groups excluding tert-OH is 1. The van der Waals surface area contributed by atoms with Gasteiger partial charge in [-0.1, -0.05) is 0 Å². The molecule has 0 saturated heterocycles. The largest absolute Gasteiger partial charge is 0.396 e. The summed E-state index contributed by atoms with van der Waals surface area (Å²) in [7, 11) is 1.57. The van der Waals surface area contributed by atoms with E-state index in [0.29, 0.717) is 17.9 Å². The molecule has 0 fully saturated rings. The Morgan fingerprint density at radius 3 is 2.88 bits per heavy atom. The minimum absolute atomic E-state index is 0.00570. The highest BCUT2D eigenvalue weighted by atomic mass is 79.9. The predicted molar refractivity (Wildman–Crippen MR) is 71.5 cm³/mol. The van der Waals surface area contributed by atoms with E-state index >= 15 is 0 Å². The highest BCUT2D eigenvalue weighted by Gasteiger charge is 2.27. The summed E-state index contributed by atoms with van der Waals surface area (Å²) in [6.07, 6.45) is 0.454. The maximum absolute atomic E-state index is 12.0. The number of rotatable bonds is 6. The molecule has 1 heterocycles. The average Bonchev–Trinajstić information content (AvgIpc) is 2.64. The van der Waals surface area contributed by atoms with Crippen LogP contribution in [-0.4, -0.2) is 36.9 Å². The highest BCUT2D eigenvalue weighted by molar-refractivity contribution is 9.10. The van der Waals surface area contributed by atoms with Crippen LogP contribution in [0, 0.1) is 0 Å². The zero-order valence-corrected chi connectivity index (χ0v) is 12.2. The number of hydrogen-bond donors (Lipinski definition) is 2. The summed E-state index contributed by atoms with van der Waals surface area (Å²) >= 11 is 4.69. The number of carbonyl (C=O) groups is 1. The molecule has 0 aliphatic heterocycles. The fourth-order valence-corrected chi connectivity index (χ4v) is 2.97. The summed E-state index contributed by atoms with van der Waals surface area (Å²) in [4.78, 5) is 12.7. The Bertz CT molecular complexity index is 375. The third kappa shape index (κ3) is 4.06. The van der Waals surface area contributed by atoms with Crippen LogP contribution >= 0.6 is 27.3 Å². The first-order valence-corrected chi connectivity index (χ1v) is 6.85. The van der Waals surface area contributed by atoms with E-state index in [1.165, 1.54) is 11.3 Å². The second kappa shape index (κ2) is 6.49. The molecule has 17 heavy (non-hydrogen) atoms. The summed E-state index contributed by atoms with van der Waals surface area (Å²) in [6, 6.07) is 1.83. The number of methoxy groups -OCH3 is 1. The van der Waals surface area contributed by atoms with Crippen molar-refractivity contribution in [2.24, 2.45) is 0 Å². The van der Waals surface area contributed by atoms with Gasteiger partial charge in [0.2, 0.25) is 0 Å². The van der Waals surface area contributed by atoms with Crippen LogP contribution in [-0.2, 0) is 4.74 Å². The maximum Gasteiger partial charge on any atom is 0.263 e. The van der Waals surface area contributed by atoms with Crippen molar-refractivity contribution in [1.29, 1.82) is 0 Å². The zero-order chi connectivity index (χ0) is 12.9. The average molecular weight is 322 g/mol. The quantitative estimate of drug-likeness (QED) is 0.842. The molecule has 0 aliphatic rings. The van der Waals surface area contributed by atoms with Crippen LogP contribution in [0.3, 0.4) is 0 Å². The molecule has 0 spiro atoms. The molecule has 1 atom stereocenters. The number of thiophene rings is 1. The summed E-state index contributed by atoms with van der Waals surface area (Å²) in [5.74, 6) is -0.153. The lowest BCUT2D eigenvalue weighted by Gasteiger charge is -2.29. The summed E-state index contributed by atoms with van der Waals surface area (Å²) < 4.78 is 5.86. The van der Waals surface area contributed by atoms with Crippen molar-refractivity contribution in [2.75, 3.05) is 20.3 Å².